The fraction of sp³-hybridized carbons (Fsp3) is 0.294. The number of thiazole rings is 1. The molecule has 0 fully saturated rings. The van der Waals surface area contributed by atoms with Crippen LogP contribution in [0.1, 0.15) is 26.5 Å². The number of carboxylic acid groups (broad SMARTS) is 1. The number of fused-ring (bicyclic) bond motifs is 1. The molecule has 0 amide bonds. The van der Waals surface area contributed by atoms with Crippen molar-refractivity contribution in [3.05, 3.63) is 52.0 Å². The molecule has 1 aromatic heterocycles. The van der Waals surface area contributed by atoms with Crippen LogP contribution >= 0.6 is 11.3 Å². The van der Waals surface area contributed by atoms with Crippen LogP contribution in [0.5, 0.6) is 0 Å². The molecule has 1 aliphatic heterocycles. The van der Waals surface area contributed by atoms with Crippen LogP contribution in [0, 0.1) is 0 Å². The second kappa shape index (κ2) is 6.93. The van der Waals surface area contributed by atoms with Crippen molar-refractivity contribution in [2.75, 3.05) is 25.4 Å². The second-order valence-corrected chi connectivity index (χ2v) is 6.67. The van der Waals surface area contributed by atoms with Gasteiger partial charge in [-0.05, 0) is 24.1 Å². The van der Waals surface area contributed by atoms with E-state index >= 15 is 0 Å². The van der Waals surface area contributed by atoms with Crippen LogP contribution < -0.4 is 5.73 Å². The van der Waals surface area contributed by atoms with Gasteiger partial charge in [0.25, 0.3) is 0 Å². The van der Waals surface area contributed by atoms with Crippen molar-refractivity contribution >= 4 is 28.5 Å². The molecule has 1 aromatic carbocycles. The molecule has 3 rings (SSSR count). The molecular formula is C17H19N3O2S. The zero-order valence-corrected chi connectivity index (χ0v) is 13.6. The van der Waals surface area contributed by atoms with Crippen molar-refractivity contribution in [2.24, 2.45) is 0 Å². The van der Waals surface area contributed by atoms with E-state index in [1.54, 1.807) is 29.5 Å². The largest absolute Gasteiger partial charge is 0.478 e. The maximum atomic E-state index is 11.0. The summed E-state index contributed by atoms with van der Waals surface area (Å²) in [6.07, 6.45) is 5.99. The minimum atomic E-state index is -0.898. The predicted molar refractivity (Wildman–Crippen MR) is 92.8 cm³/mol. The molecule has 3 N–H and O–H groups in total. The Morgan fingerprint density at radius 3 is 3.04 bits per heavy atom. The summed E-state index contributed by atoms with van der Waals surface area (Å²) in [5.41, 5.74) is 8.13. The lowest BCUT2D eigenvalue weighted by atomic mass is 10.1. The summed E-state index contributed by atoms with van der Waals surface area (Å²) < 4.78 is 0. The number of anilines is 1. The first-order valence-electron chi connectivity index (χ1n) is 7.58. The van der Waals surface area contributed by atoms with Gasteiger partial charge in [-0.3, -0.25) is 4.90 Å². The van der Waals surface area contributed by atoms with Crippen LogP contribution in [0.2, 0.25) is 0 Å². The molecule has 0 spiro atoms. The fourth-order valence-corrected chi connectivity index (χ4v) is 3.59. The van der Waals surface area contributed by atoms with E-state index in [2.05, 4.69) is 16.0 Å². The van der Waals surface area contributed by atoms with Crippen LogP contribution in [0.25, 0.3) is 6.08 Å². The first-order chi connectivity index (χ1) is 11.1. The van der Waals surface area contributed by atoms with E-state index in [0.29, 0.717) is 10.7 Å². The van der Waals surface area contributed by atoms with E-state index in [9.17, 15) is 4.79 Å². The summed E-state index contributed by atoms with van der Waals surface area (Å²) in [4.78, 5) is 19.1. The van der Waals surface area contributed by atoms with Gasteiger partial charge in [-0.1, -0.05) is 24.3 Å². The van der Waals surface area contributed by atoms with Crippen LogP contribution in [0.4, 0.5) is 5.13 Å². The van der Waals surface area contributed by atoms with E-state index < -0.39 is 5.97 Å². The normalized spacial score (nSPS) is 15.5. The van der Waals surface area contributed by atoms with Gasteiger partial charge >= 0.3 is 5.97 Å². The summed E-state index contributed by atoms with van der Waals surface area (Å²) in [6, 6.07) is 6.97. The van der Waals surface area contributed by atoms with E-state index in [-0.39, 0.29) is 0 Å². The van der Waals surface area contributed by atoms with Crippen molar-refractivity contribution in [1.82, 2.24) is 9.88 Å². The number of rotatable bonds is 4. The second-order valence-electron chi connectivity index (χ2n) is 5.56. The highest BCUT2D eigenvalue weighted by Gasteiger charge is 2.16. The zero-order valence-electron chi connectivity index (χ0n) is 12.7. The van der Waals surface area contributed by atoms with Crippen LogP contribution in [0.3, 0.4) is 0 Å². The number of carboxylic acids is 1. The third-order valence-corrected chi connectivity index (χ3v) is 4.91. The van der Waals surface area contributed by atoms with Gasteiger partial charge in [-0.25, -0.2) is 9.78 Å². The minimum Gasteiger partial charge on any atom is -0.478 e. The average molecular weight is 329 g/mol. The molecule has 5 nitrogen and oxygen atoms in total. The van der Waals surface area contributed by atoms with Gasteiger partial charge in [0.05, 0.1) is 11.3 Å². The number of aromatic nitrogens is 1. The van der Waals surface area contributed by atoms with Crippen molar-refractivity contribution in [3.63, 3.8) is 0 Å². The molecule has 2 heterocycles. The van der Waals surface area contributed by atoms with Crippen LogP contribution in [-0.2, 0) is 12.8 Å². The van der Waals surface area contributed by atoms with E-state index in [1.165, 1.54) is 4.88 Å². The monoisotopic (exact) mass is 329 g/mol. The number of hydrogen-bond acceptors (Lipinski definition) is 5. The molecule has 0 unspecified atom stereocenters. The number of carbonyl (C=O) groups is 1. The van der Waals surface area contributed by atoms with Crippen molar-refractivity contribution in [2.45, 2.75) is 12.8 Å². The molecule has 6 heteroatoms. The third-order valence-electron chi connectivity index (χ3n) is 3.92. The Labute approximate surface area is 139 Å². The van der Waals surface area contributed by atoms with Gasteiger partial charge in [-0.15, -0.1) is 11.3 Å². The first-order valence-corrected chi connectivity index (χ1v) is 8.40. The summed E-state index contributed by atoms with van der Waals surface area (Å²) in [5.74, 6) is -0.898. The summed E-state index contributed by atoms with van der Waals surface area (Å²) in [7, 11) is 0. The Bertz CT molecular complexity index is 714. The SMILES string of the molecule is Nc1nc2c(s1)CCN(C/C=C/c1cccc(C(=O)O)c1)CC2. The van der Waals surface area contributed by atoms with Gasteiger partial charge in [-0.2, -0.15) is 0 Å². The highest BCUT2D eigenvalue weighted by molar-refractivity contribution is 7.15. The Morgan fingerprint density at radius 2 is 2.22 bits per heavy atom. The summed E-state index contributed by atoms with van der Waals surface area (Å²) in [5, 5.41) is 9.68. The Hall–Kier alpha value is -2.18. The van der Waals surface area contributed by atoms with Gasteiger partial charge < -0.3 is 10.8 Å². The lowest BCUT2D eigenvalue weighted by Crippen LogP contribution is -2.26. The molecule has 2 aromatic rings. The van der Waals surface area contributed by atoms with E-state index in [4.69, 9.17) is 10.8 Å². The Morgan fingerprint density at radius 1 is 1.39 bits per heavy atom. The Balaban J connectivity index is 1.57. The molecule has 0 atom stereocenters. The van der Waals surface area contributed by atoms with Gasteiger partial charge in [0.15, 0.2) is 5.13 Å². The topological polar surface area (TPSA) is 79.5 Å². The van der Waals surface area contributed by atoms with Crippen molar-refractivity contribution in [3.8, 4) is 0 Å². The highest BCUT2D eigenvalue weighted by atomic mass is 32.1. The molecule has 120 valence electrons. The van der Waals surface area contributed by atoms with Gasteiger partial charge in [0, 0.05) is 30.9 Å². The molecule has 23 heavy (non-hydrogen) atoms. The molecule has 0 aliphatic carbocycles. The molecular weight excluding hydrogens is 310 g/mol. The smallest absolute Gasteiger partial charge is 0.335 e. The number of aromatic carboxylic acids is 1. The van der Waals surface area contributed by atoms with Gasteiger partial charge in [0.1, 0.15) is 0 Å². The standard InChI is InChI=1S/C17H19N3O2S/c18-17-19-14-6-9-20(10-7-15(14)23-17)8-2-4-12-3-1-5-13(11-12)16(21)22/h1-5,11H,6-10H2,(H2,18,19)(H,21,22)/b4-2+. The number of nitrogen functional groups attached to an aromatic ring is 1. The molecule has 0 saturated carbocycles. The molecule has 0 saturated heterocycles. The quantitative estimate of drug-likeness (QED) is 0.901. The third kappa shape index (κ3) is 3.97. The zero-order chi connectivity index (χ0) is 16.2. The average Bonchev–Trinajstić information content (AvgIpc) is 2.79. The summed E-state index contributed by atoms with van der Waals surface area (Å²) in [6.45, 7) is 2.81. The number of benzene rings is 1. The Kier molecular flexibility index (Phi) is 4.73. The van der Waals surface area contributed by atoms with Crippen LogP contribution in [-0.4, -0.2) is 40.6 Å². The fourth-order valence-electron chi connectivity index (χ4n) is 2.73. The van der Waals surface area contributed by atoms with Gasteiger partial charge in [0.2, 0.25) is 0 Å². The lowest BCUT2D eigenvalue weighted by Gasteiger charge is -2.17. The first kappa shape index (κ1) is 15.7. The predicted octanol–water partition coefficient (Wildman–Crippen LogP) is 2.54. The molecule has 1 aliphatic rings. The molecule has 0 radical (unpaired) electrons. The van der Waals surface area contributed by atoms with Crippen molar-refractivity contribution < 1.29 is 9.90 Å². The number of nitrogens with zero attached hydrogens (tertiary/aromatic N) is 2. The van der Waals surface area contributed by atoms with Crippen molar-refractivity contribution in [1.29, 1.82) is 0 Å². The van der Waals surface area contributed by atoms with E-state index in [1.807, 2.05) is 12.1 Å². The lowest BCUT2D eigenvalue weighted by molar-refractivity contribution is 0.0697. The number of nitrogens with two attached hydrogens (primary N) is 1. The summed E-state index contributed by atoms with van der Waals surface area (Å²) >= 11 is 1.60. The molecule has 0 bridgehead atoms. The van der Waals surface area contributed by atoms with E-state index in [0.717, 1.165) is 43.7 Å². The maximum Gasteiger partial charge on any atom is 0.335 e. The number of hydrogen-bond donors (Lipinski definition) is 2. The highest BCUT2D eigenvalue weighted by Crippen LogP contribution is 2.24. The van der Waals surface area contributed by atoms with Crippen LogP contribution in [0.15, 0.2) is 30.3 Å². The maximum absolute atomic E-state index is 11.0. The minimum absolute atomic E-state index is 0.315.